The Labute approximate surface area is 193 Å². The molecule has 1 aromatic heterocycles. The summed E-state index contributed by atoms with van der Waals surface area (Å²) in [5, 5.41) is 14.9. The quantitative estimate of drug-likeness (QED) is 0.399. The molecule has 3 aromatic carbocycles. The molecule has 0 saturated carbocycles. The molecule has 0 atom stereocenters. The number of aromatic carboxylic acids is 1. The number of nitrogens with zero attached hydrogens (tertiary/aromatic N) is 2. The van der Waals surface area contributed by atoms with Crippen molar-refractivity contribution < 1.29 is 23.5 Å². The first-order valence-corrected chi connectivity index (χ1v) is 10.4. The largest absolute Gasteiger partial charge is 0.478 e. The first kappa shape index (κ1) is 21.1. The van der Waals surface area contributed by atoms with E-state index in [2.05, 4.69) is 5.10 Å². The van der Waals surface area contributed by atoms with Crippen molar-refractivity contribution in [2.45, 2.75) is 0 Å². The Kier molecular flexibility index (Phi) is 5.35. The van der Waals surface area contributed by atoms with Gasteiger partial charge in [-0.2, -0.15) is 10.1 Å². The lowest BCUT2D eigenvalue weighted by Gasteiger charge is -2.10. The molecule has 7 heteroatoms. The first-order valence-electron chi connectivity index (χ1n) is 10.4. The fourth-order valence-electron chi connectivity index (χ4n) is 3.61. The molecule has 2 heterocycles. The molecular formula is C27H17FN2O4. The zero-order valence-electron chi connectivity index (χ0n) is 17.7. The van der Waals surface area contributed by atoms with Gasteiger partial charge < -0.3 is 9.52 Å². The van der Waals surface area contributed by atoms with Gasteiger partial charge in [-0.25, -0.2) is 9.18 Å². The number of rotatable bonds is 5. The van der Waals surface area contributed by atoms with Crippen LogP contribution >= 0.6 is 0 Å². The molecule has 166 valence electrons. The van der Waals surface area contributed by atoms with E-state index in [0.717, 1.165) is 0 Å². The molecule has 1 aliphatic heterocycles. The monoisotopic (exact) mass is 452 g/mol. The average Bonchev–Trinajstić information content (AvgIpc) is 3.46. The Hall–Kier alpha value is -4.78. The lowest BCUT2D eigenvalue weighted by atomic mass is 10.0. The van der Waals surface area contributed by atoms with Gasteiger partial charge in [-0.1, -0.05) is 30.3 Å². The molecule has 0 spiro atoms. The van der Waals surface area contributed by atoms with Crippen LogP contribution in [0.2, 0.25) is 0 Å². The van der Waals surface area contributed by atoms with E-state index in [4.69, 9.17) is 9.52 Å². The van der Waals surface area contributed by atoms with Gasteiger partial charge in [-0.15, -0.1) is 0 Å². The SMILES string of the molecule is O=C(O)c1ccc(-c2ccc(C=C3C(=O)N(c4ccccc4)N=C3c3ccc(F)cc3)o2)cc1. The Morgan fingerprint density at radius 1 is 0.882 bits per heavy atom. The molecule has 6 nitrogen and oxygen atoms in total. The molecule has 0 saturated heterocycles. The van der Waals surface area contributed by atoms with E-state index in [0.29, 0.717) is 39.6 Å². The molecule has 0 bridgehead atoms. The number of amides is 1. The number of benzene rings is 3. The lowest BCUT2D eigenvalue weighted by Crippen LogP contribution is -2.21. The number of hydrogen-bond acceptors (Lipinski definition) is 4. The molecule has 34 heavy (non-hydrogen) atoms. The Morgan fingerprint density at radius 3 is 2.24 bits per heavy atom. The molecule has 0 fully saturated rings. The lowest BCUT2D eigenvalue weighted by molar-refractivity contribution is -0.114. The predicted octanol–water partition coefficient (Wildman–Crippen LogP) is 5.62. The molecule has 4 aromatic rings. The van der Waals surface area contributed by atoms with Gasteiger partial charge in [0.25, 0.3) is 5.91 Å². The summed E-state index contributed by atoms with van der Waals surface area (Å²) in [5.41, 5.74) is 2.78. The highest BCUT2D eigenvalue weighted by Crippen LogP contribution is 2.29. The van der Waals surface area contributed by atoms with Crippen LogP contribution in [0.4, 0.5) is 10.1 Å². The highest BCUT2D eigenvalue weighted by Gasteiger charge is 2.32. The van der Waals surface area contributed by atoms with Gasteiger partial charge >= 0.3 is 5.97 Å². The number of carboxylic acid groups (broad SMARTS) is 1. The molecule has 0 radical (unpaired) electrons. The van der Waals surface area contributed by atoms with Crippen LogP contribution in [0.5, 0.6) is 0 Å². The van der Waals surface area contributed by atoms with Crippen LogP contribution in [-0.2, 0) is 4.79 Å². The standard InChI is InChI=1S/C27H17FN2O4/c28-20-12-10-18(11-13-20)25-23(26(31)30(29-25)21-4-2-1-3-5-21)16-22-14-15-24(34-22)17-6-8-19(9-7-17)27(32)33/h1-16H,(H,32,33). The van der Waals surface area contributed by atoms with Crippen molar-refractivity contribution >= 4 is 29.4 Å². The number of halogens is 1. The highest BCUT2D eigenvalue weighted by atomic mass is 19.1. The number of hydrogen-bond donors (Lipinski definition) is 1. The van der Waals surface area contributed by atoms with Gasteiger partial charge in [-0.05, 0) is 66.7 Å². The number of carbonyl (C=O) groups is 2. The fraction of sp³-hybridized carbons (Fsp3) is 0. The fourth-order valence-corrected chi connectivity index (χ4v) is 3.61. The van der Waals surface area contributed by atoms with Crippen molar-refractivity contribution in [3.8, 4) is 11.3 Å². The third kappa shape index (κ3) is 4.02. The summed E-state index contributed by atoms with van der Waals surface area (Å²) in [6.45, 7) is 0. The van der Waals surface area contributed by atoms with Crippen molar-refractivity contribution in [1.29, 1.82) is 0 Å². The normalized spacial score (nSPS) is 14.5. The second-order valence-electron chi connectivity index (χ2n) is 7.55. The molecular weight excluding hydrogens is 435 g/mol. The van der Waals surface area contributed by atoms with Gasteiger partial charge in [0.2, 0.25) is 0 Å². The minimum Gasteiger partial charge on any atom is -0.478 e. The van der Waals surface area contributed by atoms with Crippen molar-refractivity contribution in [1.82, 2.24) is 0 Å². The summed E-state index contributed by atoms with van der Waals surface area (Å²) in [6, 6.07) is 24.6. The Bertz CT molecular complexity index is 1440. The molecule has 1 aliphatic rings. The van der Waals surface area contributed by atoms with Gasteiger partial charge in [0.05, 0.1) is 16.8 Å². The number of carboxylic acids is 1. The van der Waals surface area contributed by atoms with Crippen LogP contribution in [0.15, 0.2) is 106 Å². The molecule has 0 unspecified atom stereocenters. The van der Waals surface area contributed by atoms with Crippen molar-refractivity contribution in [3.63, 3.8) is 0 Å². The zero-order chi connectivity index (χ0) is 23.7. The maximum Gasteiger partial charge on any atom is 0.335 e. The summed E-state index contributed by atoms with van der Waals surface area (Å²) in [7, 11) is 0. The van der Waals surface area contributed by atoms with Crippen LogP contribution in [0.3, 0.4) is 0 Å². The average molecular weight is 452 g/mol. The zero-order valence-corrected chi connectivity index (χ0v) is 17.7. The van der Waals surface area contributed by atoms with Crippen LogP contribution in [-0.4, -0.2) is 22.7 Å². The van der Waals surface area contributed by atoms with Crippen LogP contribution in [0.25, 0.3) is 17.4 Å². The highest BCUT2D eigenvalue weighted by molar-refractivity contribution is 6.37. The number of furan rings is 1. The number of para-hydroxylation sites is 1. The maximum absolute atomic E-state index is 13.5. The van der Waals surface area contributed by atoms with E-state index < -0.39 is 5.97 Å². The third-order valence-electron chi connectivity index (χ3n) is 5.33. The van der Waals surface area contributed by atoms with E-state index in [1.165, 1.54) is 29.3 Å². The number of anilines is 1. The summed E-state index contributed by atoms with van der Waals surface area (Å²) in [4.78, 5) is 24.4. The minimum absolute atomic E-state index is 0.176. The van der Waals surface area contributed by atoms with Crippen LogP contribution < -0.4 is 5.01 Å². The summed E-state index contributed by atoms with van der Waals surface area (Å²) in [5.74, 6) is -0.787. The van der Waals surface area contributed by atoms with Crippen molar-refractivity contribution in [3.05, 3.63) is 119 Å². The van der Waals surface area contributed by atoms with Gasteiger partial charge in [0.1, 0.15) is 23.0 Å². The van der Waals surface area contributed by atoms with E-state index in [1.54, 1.807) is 54.6 Å². The first-order chi connectivity index (χ1) is 16.5. The van der Waals surface area contributed by atoms with Gasteiger partial charge in [0.15, 0.2) is 0 Å². The van der Waals surface area contributed by atoms with Gasteiger partial charge in [0, 0.05) is 11.1 Å². The maximum atomic E-state index is 13.5. The molecule has 0 aliphatic carbocycles. The van der Waals surface area contributed by atoms with Gasteiger partial charge in [-0.3, -0.25) is 4.79 Å². The third-order valence-corrected chi connectivity index (χ3v) is 5.33. The molecule has 1 amide bonds. The predicted molar refractivity (Wildman–Crippen MR) is 126 cm³/mol. The second kappa shape index (κ2) is 8.63. The molecule has 1 N–H and O–H groups in total. The second-order valence-corrected chi connectivity index (χ2v) is 7.55. The van der Waals surface area contributed by atoms with E-state index >= 15 is 0 Å². The summed E-state index contributed by atoms with van der Waals surface area (Å²) in [6.07, 6.45) is 1.60. The summed E-state index contributed by atoms with van der Waals surface area (Å²) < 4.78 is 19.4. The number of hydrazone groups is 1. The minimum atomic E-state index is -1.01. The molecule has 5 rings (SSSR count). The Balaban J connectivity index is 1.52. The van der Waals surface area contributed by atoms with Crippen molar-refractivity contribution in [2.75, 3.05) is 5.01 Å². The van der Waals surface area contributed by atoms with Crippen LogP contribution in [0, 0.1) is 5.82 Å². The van der Waals surface area contributed by atoms with E-state index in [-0.39, 0.29) is 17.3 Å². The topological polar surface area (TPSA) is 83.1 Å². The smallest absolute Gasteiger partial charge is 0.335 e. The Morgan fingerprint density at radius 2 is 1.56 bits per heavy atom. The summed E-state index contributed by atoms with van der Waals surface area (Å²) >= 11 is 0. The van der Waals surface area contributed by atoms with E-state index in [9.17, 15) is 14.0 Å². The van der Waals surface area contributed by atoms with E-state index in [1.807, 2.05) is 18.2 Å². The van der Waals surface area contributed by atoms with Crippen molar-refractivity contribution in [2.24, 2.45) is 5.10 Å². The van der Waals surface area contributed by atoms with Crippen LogP contribution in [0.1, 0.15) is 21.7 Å². The number of carbonyl (C=O) groups excluding carboxylic acids is 1.